The Labute approximate surface area is 308 Å². The van der Waals surface area contributed by atoms with Crippen molar-refractivity contribution in [2.75, 3.05) is 40.3 Å². The van der Waals surface area contributed by atoms with Crippen LogP contribution >= 0.6 is 11.3 Å². The van der Waals surface area contributed by atoms with E-state index in [1.807, 2.05) is 32.8 Å². The van der Waals surface area contributed by atoms with Gasteiger partial charge in [-0.1, -0.05) is 79.1 Å². The molecule has 0 saturated carbocycles. The normalized spacial score (nSPS) is 11.9. The number of rotatable bonds is 25. The maximum Gasteiger partial charge on any atom is 0.305 e. The smallest absolute Gasteiger partial charge is 0.305 e. The van der Waals surface area contributed by atoms with Crippen molar-refractivity contribution >= 4 is 41.2 Å². The number of esters is 1. The summed E-state index contributed by atoms with van der Waals surface area (Å²) < 4.78 is 5.36. The maximum absolute atomic E-state index is 12.9. The van der Waals surface area contributed by atoms with Crippen LogP contribution in [0.3, 0.4) is 0 Å². The molecule has 1 aromatic rings. The number of aryl methyl sites for hydroxylation is 1. The van der Waals surface area contributed by atoms with Crippen molar-refractivity contribution in [1.82, 2.24) is 15.1 Å². The lowest BCUT2D eigenvalue weighted by Crippen LogP contribution is -2.36. The Bertz CT molecular complexity index is 1090. The minimum absolute atomic E-state index is 0.0210. The van der Waals surface area contributed by atoms with E-state index in [1.165, 1.54) is 37.0 Å². The van der Waals surface area contributed by atoms with E-state index in [4.69, 9.17) is 4.74 Å². The van der Waals surface area contributed by atoms with Gasteiger partial charge in [0.05, 0.1) is 18.7 Å². The zero-order valence-corrected chi connectivity index (χ0v) is 33.6. The van der Waals surface area contributed by atoms with Crippen molar-refractivity contribution < 1.29 is 28.7 Å². The molecule has 0 bridgehead atoms. The standard InChI is InChI=1S/C31H53N3O4S.C7H12O2.C2H6/c1-5-7-8-9-10-13-16-23-38-29(36)18-15-12-11-14-17-28(35)34-21-19-25-27(24-34)39-26(6-2)30(25)31(37)32-20-22-33(3)4;1-7(9)5-3-2-4-6-8;1-2/h5-24H2,1-4H3,(H,32,37);6H,2-5H2,1H3;1-2H3. The molecular formula is C40H71N3O6S. The molecule has 1 aliphatic heterocycles. The highest BCUT2D eigenvalue weighted by molar-refractivity contribution is 7.12. The Morgan fingerprint density at radius 2 is 1.48 bits per heavy atom. The van der Waals surface area contributed by atoms with E-state index in [0.717, 1.165) is 93.0 Å². The van der Waals surface area contributed by atoms with Crippen molar-refractivity contribution in [3.63, 3.8) is 0 Å². The van der Waals surface area contributed by atoms with Gasteiger partial charge in [-0.15, -0.1) is 11.3 Å². The largest absolute Gasteiger partial charge is 0.466 e. The first-order chi connectivity index (χ1) is 24.1. The molecule has 0 unspecified atom stereocenters. The Balaban J connectivity index is 0.00000189. The van der Waals surface area contributed by atoms with Crippen LogP contribution in [-0.2, 0) is 43.3 Å². The number of fused-ring (bicyclic) bond motifs is 1. The van der Waals surface area contributed by atoms with E-state index < -0.39 is 0 Å². The maximum atomic E-state index is 12.9. The fraction of sp³-hybridized carbons (Fsp3) is 0.775. The van der Waals surface area contributed by atoms with Crippen LogP contribution in [0, 0.1) is 0 Å². The van der Waals surface area contributed by atoms with Crippen LogP contribution in [0.15, 0.2) is 0 Å². The van der Waals surface area contributed by atoms with Crippen LogP contribution in [0.1, 0.15) is 169 Å². The molecule has 0 aliphatic carbocycles. The number of likely N-dealkylation sites (N-methyl/N-ethyl adjacent to an activating group) is 1. The molecule has 2 heterocycles. The lowest BCUT2D eigenvalue weighted by molar-refractivity contribution is -0.144. The van der Waals surface area contributed by atoms with E-state index in [1.54, 1.807) is 18.3 Å². The first-order valence-corrected chi connectivity index (χ1v) is 20.4. The van der Waals surface area contributed by atoms with Gasteiger partial charge in [0.15, 0.2) is 0 Å². The molecule has 2 amide bonds. The third kappa shape index (κ3) is 22.3. The lowest BCUT2D eigenvalue weighted by atomic mass is 9.99. The summed E-state index contributed by atoms with van der Waals surface area (Å²) in [7, 11) is 3.99. The SMILES string of the molecule is CC.CC(=O)CCCCC=O.CCCCCCCCCOC(=O)CCCCCCC(=O)N1CCc2c(sc(CC)c2C(=O)NCCN(C)C)C1. The average Bonchev–Trinajstić information content (AvgIpc) is 3.48. The number of hydrogen-bond acceptors (Lipinski definition) is 8. The van der Waals surface area contributed by atoms with E-state index in [-0.39, 0.29) is 23.6 Å². The first-order valence-electron chi connectivity index (χ1n) is 19.6. The van der Waals surface area contributed by atoms with Gasteiger partial charge in [-0.25, -0.2) is 0 Å². The molecule has 0 saturated heterocycles. The summed E-state index contributed by atoms with van der Waals surface area (Å²) in [5.74, 6) is 0.334. The molecule has 0 radical (unpaired) electrons. The Hall–Kier alpha value is -2.59. The molecule has 0 aromatic carbocycles. The van der Waals surface area contributed by atoms with Gasteiger partial charge in [-0.2, -0.15) is 0 Å². The summed E-state index contributed by atoms with van der Waals surface area (Å²) in [6, 6.07) is 0. The summed E-state index contributed by atoms with van der Waals surface area (Å²) in [6.45, 7) is 13.2. The number of carbonyl (C=O) groups excluding carboxylic acids is 5. The second kappa shape index (κ2) is 31.2. The number of nitrogens with one attached hydrogen (secondary N) is 1. The van der Waals surface area contributed by atoms with Gasteiger partial charge < -0.3 is 29.4 Å². The van der Waals surface area contributed by atoms with E-state index in [0.29, 0.717) is 51.9 Å². The summed E-state index contributed by atoms with van der Waals surface area (Å²) in [6.07, 6.45) is 18.5. The molecule has 50 heavy (non-hydrogen) atoms. The number of carbonyl (C=O) groups is 5. The number of ketones is 1. The Kier molecular flexibility index (Phi) is 29.6. The number of unbranched alkanes of at least 4 members (excludes halogenated alkanes) is 11. The second-order valence-corrected chi connectivity index (χ2v) is 14.3. The second-order valence-electron chi connectivity index (χ2n) is 13.2. The summed E-state index contributed by atoms with van der Waals surface area (Å²) >= 11 is 1.69. The van der Waals surface area contributed by atoms with Gasteiger partial charge in [-0.05, 0) is 71.5 Å². The van der Waals surface area contributed by atoms with Crippen molar-refractivity contribution in [2.24, 2.45) is 0 Å². The van der Waals surface area contributed by atoms with Crippen LogP contribution in [-0.4, -0.2) is 80.0 Å². The third-order valence-corrected chi connectivity index (χ3v) is 9.87. The zero-order chi connectivity index (χ0) is 37.6. The number of Topliss-reactive ketones (excluding diaryl/α,β-unsaturated/α-hetero) is 1. The Morgan fingerprint density at radius 1 is 0.860 bits per heavy atom. The van der Waals surface area contributed by atoms with E-state index in [9.17, 15) is 24.0 Å². The van der Waals surface area contributed by atoms with Crippen LogP contribution in [0.4, 0.5) is 0 Å². The van der Waals surface area contributed by atoms with E-state index in [2.05, 4.69) is 24.1 Å². The van der Waals surface area contributed by atoms with Crippen molar-refractivity contribution in [2.45, 2.75) is 163 Å². The molecule has 0 atom stereocenters. The molecule has 0 fully saturated rings. The highest BCUT2D eigenvalue weighted by Gasteiger charge is 2.28. The predicted octanol–water partition coefficient (Wildman–Crippen LogP) is 8.48. The van der Waals surface area contributed by atoms with Crippen LogP contribution in [0.5, 0.6) is 0 Å². The molecule has 0 spiro atoms. The minimum atomic E-state index is -0.0886. The van der Waals surface area contributed by atoms with E-state index >= 15 is 0 Å². The molecule has 10 heteroatoms. The Morgan fingerprint density at radius 3 is 2.10 bits per heavy atom. The topological polar surface area (TPSA) is 113 Å². The highest BCUT2D eigenvalue weighted by atomic mass is 32.1. The van der Waals surface area contributed by atoms with Crippen LogP contribution in [0.25, 0.3) is 0 Å². The third-order valence-electron chi connectivity index (χ3n) is 8.51. The minimum Gasteiger partial charge on any atom is -0.466 e. The average molecular weight is 722 g/mol. The number of hydrogen-bond donors (Lipinski definition) is 1. The molecule has 1 aliphatic rings. The number of ether oxygens (including phenoxy) is 1. The molecule has 288 valence electrons. The van der Waals surface area contributed by atoms with Crippen LogP contribution < -0.4 is 5.32 Å². The molecular weight excluding hydrogens is 651 g/mol. The van der Waals surface area contributed by atoms with Gasteiger partial charge in [-0.3, -0.25) is 14.4 Å². The van der Waals surface area contributed by atoms with Gasteiger partial charge in [0.1, 0.15) is 12.1 Å². The monoisotopic (exact) mass is 722 g/mol. The summed E-state index contributed by atoms with van der Waals surface area (Å²) in [5, 5.41) is 3.07. The van der Waals surface area contributed by atoms with Gasteiger partial charge in [0.2, 0.25) is 5.91 Å². The van der Waals surface area contributed by atoms with Crippen molar-refractivity contribution in [3.8, 4) is 0 Å². The van der Waals surface area contributed by atoms with Crippen LogP contribution in [0.2, 0.25) is 0 Å². The van der Waals surface area contributed by atoms with Crippen molar-refractivity contribution in [1.29, 1.82) is 0 Å². The fourth-order valence-electron chi connectivity index (χ4n) is 5.64. The quantitative estimate of drug-likeness (QED) is 0.0612. The summed E-state index contributed by atoms with van der Waals surface area (Å²) in [4.78, 5) is 64.1. The van der Waals surface area contributed by atoms with Gasteiger partial charge in [0, 0.05) is 55.1 Å². The zero-order valence-electron chi connectivity index (χ0n) is 32.8. The number of nitrogens with zero attached hydrogens (tertiary/aromatic N) is 2. The number of thiophene rings is 1. The molecule has 2 rings (SSSR count). The summed E-state index contributed by atoms with van der Waals surface area (Å²) in [5.41, 5.74) is 1.99. The number of aldehydes is 1. The lowest BCUT2D eigenvalue weighted by Gasteiger charge is -2.27. The predicted molar refractivity (Wildman–Crippen MR) is 207 cm³/mol. The fourth-order valence-corrected chi connectivity index (χ4v) is 6.95. The first kappa shape index (κ1) is 47.4. The molecule has 9 nitrogen and oxygen atoms in total. The van der Waals surface area contributed by atoms with Crippen molar-refractivity contribution in [3.05, 3.63) is 20.9 Å². The molecule has 1 aromatic heterocycles. The molecule has 1 N–H and O–H groups in total. The van der Waals surface area contributed by atoms with Gasteiger partial charge >= 0.3 is 5.97 Å². The van der Waals surface area contributed by atoms with Gasteiger partial charge in [0.25, 0.3) is 5.91 Å². The number of amides is 2. The highest BCUT2D eigenvalue weighted by Crippen LogP contribution is 2.34.